The lowest BCUT2D eigenvalue weighted by atomic mass is 9.79. The van der Waals surface area contributed by atoms with Gasteiger partial charge in [-0.1, -0.05) is 26.0 Å². The second-order valence-corrected chi connectivity index (χ2v) is 7.21. The van der Waals surface area contributed by atoms with Gasteiger partial charge in [0, 0.05) is 0 Å². The zero-order chi connectivity index (χ0) is 18.4. The first-order chi connectivity index (χ1) is 11.3. The summed E-state index contributed by atoms with van der Waals surface area (Å²) in [5.74, 6) is 0.474. The third kappa shape index (κ3) is 11.5. The minimum absolute atomic E-state index is 0.0623. The fourth-order valence-electron chi connectivity index (χ4n) is 2.54. The van der Waals surface area contributed by atoms with E-state index in [-0.39, 0.29) is 5.78 Å². The molecule has 0 unspecified atom stereocenters. The van der Waals surface area contributed by atoms with Crippen molar-refractivity contribution in [2.24, 2.45) is 17.4 Å². The summed E-state index contributed by atoms with van der Waals surface area (Å²) in [6.07, 6.45) is 11.0. The van der Waals surface area contributed by atoms with Crippen molar-refractivity contribution in [3.8, 4) is 0 Å². The number of allylic oxidation sites excluding steroid dienone is 2. The van der Waals surface area contributed by atoms with E-state index in [2.05, 4.69) is 31.2 Å². The molecule has 5 nitrogen and oxygen atoms in total. The largest absolute Gasteiger partial charge is 0.348 e. The maximum absolute atomic E-state index is 12.0. The van der Waals surface area contributed by atoms with Crippen molar-refractivity contribution in [1.82, 2.24) is 5.23 Å². The standard InChI is InChI=1S/C18H36BN3O2/c1-15(2)12-16(21)17(24)13-19-22-18(3,14-23)10-8-6-4-5-7-9-11-20/h4-5,14-16,19,22H,6-13,20-21H2,1-3H3/b5-4-/t16-,18-/m0/s1. The molecule has 5 N–H and O–H groups in total. The lowest BCUT2D eigenvalue weighted by molar-refractivity contribution is -0.118. The highest BCUT2D eigenvalue weighted by Gasteiger charge is 2.23. The van der Waals surface area contributed by atoms with E-state index < -0.39 is 11.6 Å². The van der Waals surface area contributed by atoms with Crippen LogP contribution in [0.4, 0.5) is 0 Å². The van der Waals surface area contributed by atoms with E-state index in [4.69, 9.17) is 11.5 Å². The molecule has 0 aliphatic rings. The van der Waals surface area contributed by atoms with Crippen LogP contribution >= 0.6 is 0 Å². The average molecular weight is 337 g/mol. The summed E-state index contributed by atoms with van der Waals surface area (Å²) in [7, 11) is 0.492. The van der Waals surface area contributed by atoms with Crippen molar-refractivity contribution in [3.63, 3.8) is 0 Å². The minimum atomic E-state index is -0.576. The van der Waals surface area contributed by atoms with Gasteiger partial charge in [-0.3, -0.25) is 4.79 Å². The van der Waals surface area contributed by atoms with Gasteiger partial charge in [0.25, 0.3) is 0 Å². The molecule has 0 fully saturated rings. The van der Waals surface area contributed by atoms with Crippen LogP contribution in [-0.2, 0) is 9.59 Å². The second kappa shape index (κ2) is 13.3. The predicted octanol–water partition coefficient (Wildman–Crippen LogP) is 1.71. The zero-order valence-corrected chi connectivity index (χ0v) is 15.7. The summed E-state index contributed by atoms with van der Waals surface area (Å²) < 4.78 is 0. The first-order valence-electron chi connectivity index (χ1n) is 9.19. The van der Waals surface area contributed by atoms with Gasteiger partial charge in [-0.2, -0.15) is 0 Å². The van der Waals surface area contributed by atoms with E-state index in [0.717, 1.165) is 44.9 Å². The highest BCUT2D eigenvalue weighted by atomic mass is 16.1. The van der Waals surface area contributed by atoms with Crippen molar-refractivity contribution in [1.29, 1.82) is 0 Å². The average Bonchev–Trinajstić information content (AvgIpc) is 2.53. The van der Waals surface area contributed by atoms with E-state index in [1.165, 1.54) is 0 Å². The van der Waals surface area contributed by atoms with Crippen molar-refractivity contribution < 1.29 is 9.59 Å². The van der Waals surface area contributed by atoms with E-state index in [9.17, 15) is 9.59 Å². The molecule has 0 radical (unpaired) electrons. The Hall–Kier alpha value is -0.975. The molecule has 0 aromatic rings. The van der Waals surface area contributed by atoms with Gasteiger partial charge in [-0.25, -0.2) is 0 Å². The van der Waals surface area contributed by atoms with Crippen molar-refractivity contribution >= 4 is 19.5 Å². The van der Waals surface area contributed by atoms with Crippen LogP contribution in [0.1, 0.15) is 59.3 Å². The Labute approximate surface area is 148 Å². The maximum atomic E-state index is 12.0. The number of nitrogens with two attached hydrogens (primary N) is 2. The van der Waals surface area contributed by atoms with Crippen LogP contribution in [0, 0.1) is 5.92 Å². The smallest absolute Gasteiger partial charge is 0.209 e. The molecule has 0 spiro atoms. The Kier molecular flexibility index (Phi) is 12.8. The number of carbonyl (C=O) groups is 2. The first-order valence-corrected chi connectivity index (χ1v) is 9.19. The van der Waals surface area contributed by atoms with Gasteiger partial charge < -0.3 is 21.5 Å². The molecule has 0 aliphatic carbocycles. The third-order valence-electron chi connectivity index (χ3n) is 4.11. The van der Waals surface area contributed by atoms with E-state index in [1.54, 1.807) is 0 Å². The number of aldehydes is 1. The van der Waals surface area contributed by atoms with Gasteiger partial charge >= 0.3 is 0 Å². The number of Topliss-reactive ketones (excluding diaryl/α,β-unsaturated/α-hetero) is 1. The van der Waals surface area contributed by atoms with Crippen LogP contribution in [0.15, 0.2) is 12.2 Å². The van der Waals surface area contributed by atoms with Crippen LogP contribution in [0.2, 0.25) is 6.32 Å². The third-order valence-corrected chi connectivity index (χ3v) is 4.11. The quantitative estimate of drug-likeness (QED) is 0.183. The normalized spacial score (nSPS) is 15.4. The Morgan fingerprint density at radius 1 is 1.25 bits per heavy atom. The van der Waals surface area contributed by atoms with Crippen molar-refractivity contribution in [2.75, 3.05) is 6.54 Å². The highest BCUT2D eigenvalue weighted by Crippen LogP contribution is 2.12. The first kappa shape index (κ1) is 23.0. The molecule has 0 aliphatic heterocycles. The summed E-state index contributed by atoms with van der Waals surface area (Å²) >= 11 is 0. The lowest BCUT2D eigenvalue weighted by Gasteiger charge is -2.24. The van der Waals surface area contributed by atoms with Crippen LogP contribution in [0.3, 0.4) is 0 Å². The fourth-order valence-corrected chi connectivity index (χ4v) is 2.54. The topological polar surface area (TPSA) is 98.2 Å². The van der Waals surface area contributed by atoms with E-state index in [1.807, 2.05) is 6.92 Å². The van der Waals surface area contributed by atoms with Gasteiger partial charge in [0.2, 0.25) is 7.41 Å². The summed E-state index contributed by atoms with van der Waals surface area (Å²) in [5.41, 5.74) is 10.8. The number of unbranched alkanes of at least 4 members (excludes halogenated alkanes) is 2. The summed E-state index contributed by atoms with van der Waals surface area (Å²) in [6, 6.07) is -0.395. The molecule has 0 amide bonds. The zero-order valence-electron chi connectivity index (χ0n) is 15.7. The number of ketones is 1. The molecule has 6 heteroatoms. The van der Waals surface area contributed by atoms with Gasteiger partial charge in [0.15, 0.2) is 0 Å². The molecule has 24 heavy (non-hydrogen) atoms. The number of hydrogen-bond donors (Lipinski definition) is 3. The Morgan fingerprint density at radius 2 is 1.88 bits per heavy atom. The summed E-state index contributed by atoms with van der Waals surface area (Å²) in [4.78, 5) is 23.3. The fraction of sp³-hybridized carbons (Fsp3) is 0.778. The van der Waals surface area contributed by atoms with E-state index in [0.29, 0.717) is 26.1 Å². The van der Waals surface area contributed by atoms with Gasteiger partial charge in [0.1, 0.15) is 12.1 Å². The molecule has 0 aromatic heterocycles. The van der Waals surface area contributed by atoms with Crippen LogP contribution in [-0.4, -0.2) is 37.6 Å². The number of hydrogen-bond acceptors (Lipinski definition) is 5. The SMILES string of the molecule is CC(C)C[C@H](N)C(=O)CBN[C@](C)(C=O)CCC/C=C\CCCN. The maximum Gasteiger partial charge on any atom is 0.209 e. The molecular weight excluding hydrogens is 301 g/mol. The van der Waals surface area contributed by atoms with Crippen LogP contribution < -0.4 is 16.7 Å². The number of carbonyl (C=O) groups excluding carboxylic acids is 2. The number of nitrogens with one attached hydrogen (secondary N) is 1. The Balaban J connectivity index is 4.03. The molecule has 2 atom stereocenters. The Morgan fingerprint density at radius 3 is 2.42 bits per heavy atom. The predicted molar refractivity (Wildman–Crippen MR) is 103 cm³/mol. The molecule has 0 saturated heterocycles. The molecule has 0 bridgehead atoms. The second-order valence-electron chi connectivity index (χ2n) is 7.21. The summed E-state index contributed by atoms with van der Waals surface area (Å²) in [6.45, 7) is 6.71. The highest BCUT2D eigenvalue weighted by molar-refractivity contribution is 6.39. The molecule has 138 valence electrons. The molecule has 0 aromatic carbocycles. The van der Waals surface area contributed by atoms with Crippen molar-refractivity contribution in [3.05, 3.63) is 12.2 Å². The van der Waals surface area contributed by atoms with Gasteiger partial charge in [0.05, 0.1) is 11.6 Å². The lowest BCUT2D eigenvalue weighted by Crippen LogP contribution is -2.47. The minimum Gasteiger partial charge on any atom is -0.348 e. The van der Waals surface area contributed by atoms with Gasteiger partial charge in [-0.05, 0) is 64.2 Å². The van der Waals surface area contributed by atoms with Crippen LogP contribution in [0.25, 0.3) is 0 Å². The number of rotatable bonds is 15. The van der Waals surface area contributed by atoms with Crippen LogP contribution in [0.5, 0.6) is 0 Å². The van der Waals surface area contributed by atoms with Gasteiger partial charge in [-0.15, -0.1) is 0 Å². The molecule has 0 saturated carbocycles. The molecular formula is C18H36BN3O2. The summed E-state index contributed by atoms with van der Waals surface area (Å²) in [5, 5.41) is 3.21. The Bertz CT molecular complexity index is 388. The van der Waals surface area contributed by atoms with Crippen molar-refractivity contribution in [2.45, 2.75) is 77.2 Å². The van der Waals surface area contributed by atoms with E-state index >= 15 is 0 Å². The molecule has 0 heterocycles. The molecule has 0 rings (SSSR count). The monoisotopic (exact) mass is 337 g/mol.